The van der Waals surface area contributed by atoms with Gasteiger partial charge >= 0.3 is 0 Å². The van der Waals surface area contributed by atoms with Crippen molar-refractivity contribution in [2.45, 2.75) is 67.6 Å². The highest BCUT2D eigenvalue weighted by Crippen LogP contribution is 2.30. The first kappa shape index (κ1) is 29.5. The van der Waals surface area contributed by atoms with Crippen LogP contribution < -0.4 is 4.74 Å². The van der Waals surface area contributed by atoms with E-state index in [1.165, 1.54) is 6.08 Å². The number of fused-ring (bicyclic) bond motifs is 1. The second-order valence-electron chi connectivity index (χ2n) is 9.65. The lowest BCUT2D eigenvalue weighted by Gasteiger charge is -2.46. The largest absolute Gasteiger partial charge is 0.497 e. The minimum atomic E-state index is -1.76. The number of hydrogen-bond donors (Lipinski definition) is 7. The zero-order chi connectivity index (χ0) is 28.3. The van der Waals surface area contributed by atoms with Crippen LogP contribution in [0.25, 0.3) is 16.8 Å². The lowest BCUT2D eigenvalue weighted by atomic mass is 9.92. The zero-order valence-electron chi connectivity index (χ0n) is 21.2. The summed E-state index contributed by atoms with van der Waals surface area (Å²) in [6.45, 7) is -1.36. The maximum Gasteiger partial charge on any atom is 0.187 e. The van der Waals surface area contributed by atoms with Crippen molar-refractivity contribution in [3.8, 4) is 5.75 Å². The Hall–Kier alpha value is -2.49. The summed E-state index contributed by atoms with van der Waals surface area (Å²) in [6, 6.07) is 11.3. The van der Waals surface area contributed by atoms with Gasteiger partial charge in [-0.15, -0.1) is 0 Å². The quantitative estimate of drug-likeness (QED) is 0.179. The third kappa shape index (κ3) is 6.47. The van der Waals surface area contributed by atoms with Gasteiger partial charge in [-0.1, -0.05) is 24.3 Å². The average Bonchev–Trinajstić information content (AvgIpc) is 2.95. The van der Waals surface area contributed by atoms with E-state index >= 15 is 0 Å². The normalized spacial score (nSPS) is 35.4. The molecule has 2 aliphatic rings. The van der Waals surface area contributed by atoms with E-state index in [9.17, 15) is 40.5 Å². The third-order valence-electron chi connectivity index (χ3n) is 7.04. The van der Waals surface area contributed by atoms with Crippen molar-refractivity contribution in [3.63, 3.8) is 0 Å². The van der Waals surface area contributed by atoms with Crippen molar-refractivity contribution in [2.24, 2.45) is 0 Å². The van der Waals surface area contributed by atoms with Crippen molar-refractivity contribution in [3.05, 3.63) is 48.0 Å². The van der Waals surface area contributed by atoms with Gasteiger partial charge in [-0.25, -0.2) is 0 Å². The first-order valence-corrected chi connectivity index (χ1v) is 12.5. The molecule has 0 spiro atoms. The van der Waals surface area contributed by atoms with Crippen LogP contribution in [0.3, 0.4) is 0 Å². The predicted molar refractivity (Wildman–Crippen MR) is 136 cm³/mol. The van der Waals surface area contributed by atoms with Gasteiger partial charge in [-0.3, -0.25) is 4.79 Å². The Bertz CT molecular complexity index is 1150. The highest BCUT2D eigenvalue weighted by atomic mass is 16.7. The van der Waals surface area contributed by atoms with E-state index in [1.807, 2.05) is 36.4 Å². The number of aliphatic hydroxyl groups excluding tert-OH is 7. The number of ketones is 1. The molecule has 2 heterocycles. The molecule has 6 unspecified atom stereocenters. The number of hydrogen-bond acceptors (Lipinski definition) is 12. The fourth-order valence-corrected chi connectivity index (χ4v) is 4.76. The Kier molecular flexibility index (Phi) is 9.67. The lowest BCUT2D eigenvalue weighted by molar-refractivity contribution is -0.341. The summed E-state index contributed by atoms with van der Waals surface area (Å²) in [5, 5.41) is 72.6. The molecule has 0 aromatic heterocycles. The summed E-state index contributed by atoms with van der Waals surface area (Å²) >= 11 is 0. The van der Waals surface area contributed by atoms with E-state index in [0.717, 1.165) is 22.1 Å². The van der Waals surface area contributed by atoms with Crippen LogP contribution in [-0.2, 0) is 19.0 Å². The molecule has 0 saturated carbocycles. The van der Waals surface area contributed by atoms with Crippen molar-refractivity contribution in [2.75, 3.05) is 20.3 Å². The standard InChI is InChI=1S/C27H34O12/c1-36-17-7-5-14-8-13(2-4-15(14)9-17)3-6-16(30)10-18-21(31)24(34)26(20(12-29)37-18)39-27-25(35)23(33)22(32)19(11-28)38-27/h2-9,18-29,31-35H,10-12H2,1H3/b6-3+/t18-,19?,20?,21?,22+,23?,24?,25?,26+,27-/m0/s1. The van der Waals surface area contributed by atoms with Crippen LogP contribution in [-0.4, -0.2) is 123 Å². The third-order valence-corrected chi connectivity index (χ3v) is 7.04. The smallest absolute Gasteiger partial charge is 0.187 e. The van der Waals surface area contributed by atoms with E-state index in [1.54, 1.807) is 13.2 Å². The van der Waals surface area contributed by atoms with Crippen LogP contribution in [0.4, 0.5) is 0 Å². The van der Waals surface area contributed by atoms with Gasteiger partial charge < -0.3 is 54.7 Å². The topological polar surface area (TPSA) is 196 Å². The van der Waals surface area contributed by atoms with Gasteiger partial charge in [0.1, 0.15) is 54.6 Å². The number of carbonyl (C=O) groups excluding carboxylic acids is 1. The predicted octanol–water partition coefficient (Wildman–Crippen LogP) is -1.51. The Morgan fingerprint density at radius 2 is 1.49 bits per heavy atom. The molecule has 2 saturated heterocycles. The average molecular weight is 551 g/mol. The van der Waals surface area contributed by atoms with Gasteiger partial charge in [0, 0.05) is 6.42 Å². The number of benzene rings is 2. The molecule has 2 aromatic carbocycles. The lowest BCUT2D eigenvalue weighted by Crippen LogP contribution is -2.64. The minimum Gasteiger partial charge on any atom is -0.497 e. The van der Waals surface area contributed by atoms with Gasteiger partial charge in [0.25, 0.3) is 0 Å². The van der Waals surface area contributed by atoms with E-state index in [-0.39, 0.29) is 6.42 Å². The molecular weight excluding hydrogens is 516 g/mol. The van der Waals surface area contributed by atoms with Crippen molar-refractivity contribution < 1.29 is 59.5 Å². The van der Waals surface area contributed by atoms with Crippen LogP contribution >= 0.6 is 0 Å². The molecule has 4 rings (SSSR count). The molecule has 0 aliphatic carbocycles. The minimum absolute atomic E-state index is 0.303. The molecule has 2 fully saturated rings. The molecule has 2 aromatic rings. The van der Waals surface area contributed by atoms with E-state index in [0.29, 0.717) is 0 Å². The second-order valence-corrected chi connectivity index (χ2v) is 9.65. The molecule has 39 heavy (non-hydrogen) atoms. The number of rotatable bonds is 9. The van der Waals surface area contributed by atoms with Crippen LogP contribution in [0.15, 0.2) is 42.5 Å². The van der Waals surface area contributed by atoms with E-state index < -0.39 is 80.2 Å². The fraction of sp³-hybridized carbons (Fsp3) is 0.519. The molecule has 12 nitrogen and oxygen atoms in total. The van der Waals surface area contributed by atoms with E-state index in [4.69, 9.17) is 18.9 Å². The number of ether oxygens (including phenoxy) is 4. The Morgan fingerprint density at radius 1 is 0.821 bits per heavy atom. The second kappa shape index (κ2) is 12.8. The summed E-state index contributed by atoms with van der Waals surface area (Å²) < 4.78 is 21.7. The summed E-state index contributed by atoms with van der Waals surface area (Å²) in [5.41, 5.74) is 0.771. The summed E-state index contributed by atoms with van der Waals surface area (Å²) in [5.74, 6) is 0.335. The molecule has 0 amide bonds. The SMILES string of the molecule is COc1ccc2cc(/C=C/C(=O)C[C@@H]3OC(CO)[C@@H](O[C@@H]4OC(CO)[C@@H](O)C(O)C4O)C(O)C3O)ccc2c1. The first-order chi connectivity index (χ1) is 18.7. The molecular formula is C27H34O12. The van der Waals surface area contributed by atoms with E-state index in [2.05, 4.69) is 0 Å². The fourth-order valence-electron chi connectivity index (χ4n) is 4.76. The monoisotopic (exact) mass is 550 g/mol. The Labute approximate surface area is 224 Å². The first-order valence-electron chi connectivity index (χ1n) is 12.5. The Morgan fingerprint density at radius 3 is 2.18 bits per heavy atom. The van der Waals surface area contributed by atoms with Crippen LogP contribution in [0.5, 0.6) is 5.75 Å². The van der Waals surface area contributed by atoms with Gasteiger partial charge in [-0.05, 0) is 40.6 Å². The maximum atomic E-state index is 12.7. The number of aliphatic hydroxyl groups is 7. The van der Waals surface area contributed by atoms with Gasteiger partial charge in [0.2, 0.25) is 0 Å². The van der Waals surface area contributed by atoms with Gasteiger partial charge in [0.15, 0.2) is 12.1 Å². The van der Waals surface area contributed by atoms with Crippen molar-refractivity contribution in [1.82, 2.24) is 0 Å². The maximum absolute atomic E-state index is 12.7. The summed E-state index contributed by atoms with van der Waals surface area (Å²) in [6.07, 6.45) is -12.4. The molecule has 0 radical (unpaired) electrons. The summed E-state index contributed by atoms with van der Waals surface area (Å²) in [7, 11) is 1.59. The molecule has 2 aliphatic heterocycles. The number of allylic oxidation sites excluding steroid dienone is 1. The molecule has 12 heteroatoms. The van der Waals surface area contributed by atoms with Crippen molar-refractivity contribution >= 4 is 22.6 Å². The van der Waals surface area contributed by atoms with Gasteiger partial charge in [0.05, 0.1) is 26.4 Å². The van der Waals surface area contributed by atoms with Crippen LogP contribution in [0.1, 0.15) is 12.0 Å². The van der Waals surface area contributed by atoms with Crippen LogP contribution in [0, 0.1) is 0 Å². The highest BCUT2D eigenvalue weighted by Gasteiger charge is 2.50. The Balaban J connectivity index is 1.39. The zero-order valence-corrected chi connectivity index (χ0v) is 21.2. The molecule has 0 bridgehead atoms. The number of carbonyl (C=O) groups is 1. The number of methoxy groups -OCH3 is 1. The van der Waals surface area contributed by atoms with Crippen LogP contribution in [0.2, 0.25) is 0 Å². The van der Waals surface area contributed by atoms with Gasteiger partial charge in [-0.2, -0.15) is 0 Å². The highest BCUT2D eigenvalue weighted by molar-refractivity contribution is 5.95. The summed E-state index contributed by atoms with van der Waals surface area (Å²) in [4.78, 5) is 12.7. The molecule has 7 N–H and O–H groups in total. The molecule has 214 valence electrons. The molecule has 10 atom stereocenters. The van der Waals surface area contributed by atoms with Crippen molar-refractivity contribution in [1.29, 1.82) is 0 Å².